The Morgan fingerprint density at radius 3 is 2.61 bits per heavy atom. The summed E-state index contributed by atoms with van der Waals surface area (Å²) in [5.74, 6) is -0.379. The molecule has 2 N–H and O–H groups in total. The van der Waals surface area contributed by atoms with E-state index in [2.05, 4.69) is 9.98 Å². The van der Waals surface area contributed by atoms with E-state index < -0.39 is 5.97 Å². The predicted molar refractivity (Wildman–Crippen MR) is 90.0 cm³/mol. The molecule has 1 aromatic carbocycles. The summed E-state index contributed by atoms with van der Waals surface area (Å²) < 4.78 is 10.8. The second-order valence-electron chi connectivity index (χ2n) is 5.01. The Labute approximate surface area is 135 Å². The Kier molecular flexibility index (Phi) is 5.51. The first-order valence-corrected chi connectivity index (χ1v) is 7.42. The fourth-order valence-electron chi connectivity index (χ4n) is 2.70. The van der Waals surface area contributed by atoms with Gasteiger partial charge in [0.1, 0.15) is 11.3 Å². The molecule has 122 valence electrons. The minimum absolute atomic E-state index is 0.0613. The van der Waals surface area contributed by atoms with Crippen molar-refractivity contribution in [3.05, 3.63) is 41.3 Å². The summed E-state index contributed by atoms with van der Waals surface area (Å²) in [5, 5.41) is 0. The summed E-state index contributed by atoms with van der Waals surface area (Å²) in [5.41, 5.74) is 7.17. The van der Waals surface area contributed by atoms with E-state index in [1.165, 1.54) is 0 Å². The molecule has 0 amide bonds. The maximum absolute atomic E-state index is 12.4. The molecule has 6 nitrogen and oxygen atoms in total. The molecule has 6 heteroatoms. The molecule has 1 aliphatic rings. The number of para-hydroxylation sites is 1. The molecule has 0 radical (unpaired) electrons. The summed E-state index contributed by atoms with van der Waals surface area (Å²) in [6.45, 7) is 2.01. The van der Waals surface area contributed by atoms with Gasteiger partial charge in [-0.3, -0.25) is 0 Å². The number of fused-ring (bicyclic) bond motifs is 1. The molecule has 0 aliphatic carbocycles. The van der Waals surface area contributed by atoms with Crippen LogP contribution in [-0.4, -0.2) is 39.1 Å². The number of rotatable bonds is 5. The molecule has 1 aromatic rings. The van der Waals surface area contributed by atoms with Crippen LogP contribution in [0.3, 0.4) is 0 Å². The van der Waals surface area contributed by atoms with Crippen molar-refractivity contribution in [1.29, 1.82) is 0 Å². The van der Waals surface area contributed by atoms with Gasteiger partial charge in [-0.15, -0.1) is 0 Å². The SMILES string of the molecule is CCOC(=O)C1=C(N)Oc2ccccc2C1C(/C=N/C)/C=N/C. The number of nitrogens with two attached hydrogens (primary N) is 1. The number of hydrogen-bond acceptors (Lipinski definition) is 6. The largest absolute Gasteiger partial charge is 0.462 e. The number of benzene rings is 1. The highest BCUT2D eigenvalue weighted by Crippen LogP contribution is 2.42. The maximum atomic E-state index is 12.4. The highest BCUT2D eigenvalue weighted by atomic mass is 16.5. The number of hydrogen-bond donors (Lipinski definition) is 1. The second-order valence-corrected chi connectivity index (χ2v) is 5.01. The zero-order valence-corrected chi connectivity index (χ0v) is 13.5. The van der Waals surface area contributed by atoms with Crippen molar-refractivity contribution in [3.8, 4) is 5.75 Å². The minimum Gasteiger partial charge on any atom is -0.462 e. The molecule has 23 heavy (non-hydrogen) atoms. The average Bonchev–Trinajstić information content (AvgIpc) is 2.53. The molecular formula is C17H21N3O3. The van der Waals surface area contributed by atoms with Gasteiger partial charge in [-0.05, 0) is 13.0 Å². The van der Waals surface area contributed by atoms with Crippen molar-refractivity contribution in [2.75, 3.05) is 20.7 Å². The third kappa shape index (κ3) is 3.41. The van der Waals surface area contributed by atoms with Crippen molar-refractivity contribution in [2.45, 2.75) is 12.8 Å². The van der Waals surface area contributed by atoms with E-state index in [1.54, 1.807) is 33.4 Å². The fourth-order valence-corrected chi connectivity index (χ4v) is 2.70. The van der Waals surface area contributed by atoms with Crippen LogP contribution in [0.2, 0.25) is 0 Å². The highest BCUT2D eigenvalue weighted by molar-refractivity contribution is 5.96. The quantitative estimate of drug-likeness (QED) is 0.664. The van der Waals surface area contributed by atoms with E-state index >= 15 is 0 Å². The van der Waals surface area contributed by atoms with E-state index in [1.807, 2.05) is 24.3 Å². The maximum Gasteiger partial charge on any atom is 0.340 e. The lowest BCUT2D eigenvalue weighted by atomic mass is 9.79. The van der Waals surface area contributed by atoms with Crippen molar-refractivity contribution in [2.24, 2.45) is 21.6 Å². The second kappa shape index (κ2) is 7.58. The summed E-state index contributed by atoms with van der Waals surface area (Å²) in [7, 11) is 3.36. The van der Waals surface area contributed by atoms with Crippen LogP contribution in [0.25, 0.3) is 0 Å². The van der Waals surface area contributed by atoms with Gasteiger partial charge in [0.15, 0.2) is 0 Å². The Morgan fingerprint density at radius 2 is 2.00 bits per heavy atom. The van der Waals surface area contributed by atoms with Crippen molar-refractivity contribution in [1.82, 2.24) is 0 Å². The van der Waals surface area contributed by atoms with Crippen LogP contribution in [0.15, 0.2) is 45.7 Å². The summed E-state index contributed by atoms with van der Waals surface area (Å²) in [6.07, 6.45) is 3.48. The highest BCUT2D eigenvalue weighted by Gasteiger charge is 2.38. The first-order valence-electron chi connectivity index (χ1n) is 7.42. The average molecular weight is 315 g/mol. The molecule has 0 fully saturated rings. The smallest absolute Gasteiger partial charge is 0.340 e. The van der Waals surface area contributed by atoms with Crippen LogP contribution in [0.4, 0.5) is 0 Å². The number of carbonyl (C=O) groups is 1. The third-order valence-electron chi connectivity index (χ3n) is 3.57. The van der Waals surface area contributed by atoms with Crippen LogP contribution in [0.5, 0.6) is 5.75 Å². The van der Waals surface area contributed by atoms with Gasteiger partial charge in [0.2, 0.25) is 5.88 Å². The van der Waals surface area contributed by atoms with Crippen LogP contribution in [0, 0.1) is 5.92 Å². The summed E-state index contributed by atoms with van der Waals surface area (Å²) >= 11 is 0. The first-order chi connectivity index (χ1) is 11.1. The van der Waals surface area contributed by atoms with E-state index in [0.29, 0.717) is 11.3 Å². The Hall–Kier alpha value is -2.63. The van der Waals surface area contributed by atoms with Crippen molar-refractivity contribution in [3.63, 3.8) is 0 Å². The molecule has 0 aromatic heterocycles. The Balaban J connectivity index is 2.60. The van der Waals surface area contributed by atoms with Gasteiger partial charge in [-0.1, -0.05) is 18.2 Å². The van der Waals surface area contributed by atoms with Crippen LogP contribution < -0.4 is 10.5 Å². The lowest BCUT2D eigenvalue weighted by Crippen LogP contribution is -2.31. The molecule has 0 bridgehead atoms. The minimum atomic E-state index is -0.483. The normalized spacial score (nSPS) is 17.7. The number of ether oxygens (including phenoxy) is 2. The first kappa shape index (κ1) is 16.7. The van der Waals surface area contributed by atoms with Crippen molar-refractivity contribution >= 4 is 18.4 Å². The Morgan fingerprint density at radius 1 is 1.35 bits per heavy atom. The number of carbonyl (C=O) groups excluding carboxylic acids is 1. The molecule has 1 unspecified atom stereocenters. The molecule has 1 aliphatic heterocycles. The zero-order valence-electron chi connectivity index (χ0n) is 13.5. The lowest BCUT2D eigenvalue weighted by molar-refractivity contribution is -0.139. The monoisotopic (exact) mass is 315 g/mol. The molecular weight excluding hydrogens is 294 g/mol. The van der Waals surface area contributed by atoms with Gasteiger partial charge in [0.25, 0.3) is 0 Å². The molecule has 1 atom stereocenters. The van der Waals surface area contributed by atoms with Gasteiger partial charge in [-0.25, -0.2) is 4.79 Å². The van der Waals surface area contributed by atoms with E-state index in [4.69, 9.17) is 15.2 Å². The zero-order chi connectivity index (χ0) is 16.8. The van der Waals surface area contributed by atoms with E-state index in [-0.39, 0.29) is 24.3 Å². The molecule has 0 saturated heterocycles. The van der Waals surface area contributed by atoms with E-state index in [9.17, 15) is 4.79 Å². The number of aliphatic imine (C=N–C) groups is 2. The predicted octanol–water partition coefficient (Wildman–Crippen LogP) is 1.91. The van der Waals surface area contributed by atoms with Gasteiger partial charge < -0.3 is 25.2 Å². The molecule has 0 spiro atoms. The van der Waals surface area contributed by atoms with Gasteiger partial charge in [0, 0.05) is 43.9 Å². The number of nitrogens with zero attached hydrogens (tertiary/aromatic N) is 2. The van der Waals surface area contributed by atoms with Crippen molar-refractivity contribution < 1.29 is 14.3 Å². The van der Waals surface area contributed by atoms with Gasteiger partial charge in [0.05, 0.1) is 6.61 Å². The summed E-state index contributed by atoms with van der Waals surface area (Å²) in [4.78, 5) is 20.6. The van der Waals surface area contributed by atoms with Gasteiger partial charge in [-0.2, -0.15) is 0 Å². The molecule has 1 heterocycles. The number of esters is 1. The lowest BCUT2D eigenvalue weighted by Gasteiger charge is -2.30. The topological polar surface area (TPSA) is 86.3 Å². The van der Waals surface area contributed by atoms with Crippen LogP contribution in [-0.2, 0) is 9.53 Å². The van der Waals surface area contributed by atoms with E-state index in [0.717, 1.165) is 5.56 Å². The molecule has 0 saturated carbocycles. The fraction of sp³-hybridized carbons (Fsp3) is 0.353. The van der Waals surface area contributed by atoms with Gasteiger partial charge >= 0.3 is 5.97 Å². The van der Waals surface area contributed by atoms with Crippen LogP contribution in [0.1, 0.15) is 18.4 Å². The summed E-state index contributed by atoms with van der Waals surface area (Å²) in [6, 6.07) is 7.48. The molecule has 2 rings (SSSR count). The third-order valence-corrected chi connectivity index (χ3v) is 3.57. The van der Waals surface area contributed by atoms with Crippen LogP contribution >= 0.6 is 0 Å². The Bertz CT molecular complexity index is 653. The standard InChI is InChI=1S/C17H21N3O3/c1-4-22-17(21)15-14(11(9-19-2)10-20-3)12-7-5-6-8-13(12)23-16(15)18/h5-11,14H,4,18H2,1-3H3/b19-9+,20-10+.